The lowest BCUT2D eigenvalue weighted by Gasteiger charge is -2.11. The van der Waals surface area contributed by atoms with Crippen LogP contribution in [0.5, 0.6) is 0 Å². The number of rotatable bonds is 14. The van der Waals surface area contributed by atoms with Gasteiger partial charge in [0, 0.05) is 11.0 Å². The van der Waals surface area contributed by atoms with Gasteiger partial charge in [-0.2, -0.15) is 11.8 Å². The smallest absolute Gasteiger partial charge is 0.327 e. The molecule has 0 radical (unpaired) electrons. The highest BCUT2D eigenvalue weighted by Gasteiger charge is 2.04. The molecule has 0 heterocycles. The first-order valence-electron chi connectivity index (χ1n) is 7.59. The van der Waals surface area contributed by atoms with Gasteiger partial charge in [0.15, 0.2) is 0 Å². The van der Waals surface area contributed by atoms with E-state index in [0.29, 0.717) is 11.9 Å². The number of hydrogen-bond acceptors (Lipinski definition) is 4. The third kappa shape index (κ3) is 16.6. The van der Waals surface area contributed by atoms with Crippen LogP contribution in [0.4, 0.5) is 0 Å². The molecule has 0 aromatic rings. The molecule has 0 aliphatic carbocycles. The van der Waals surface area contributed by atoms with Crippen LogP contribution in [0.3, 0.4) is 0 Å². The minimum atomic E-state index is -2.17. The van der Waals surface area contributed by atoms with E-state index in [-0.39, 0.29) is 0 Å². The zero-order valence-corrected chi connectivity index (χ0v) is 14.2. The Morgan fingerprint density at radius 1 is 1.00 bits per heavy atom. The summed E-state index contributed by atoms with van der Waals surface area (Å²) in [4.78, 5) is 17.2. The van der Waals surface area contributed by atoms with Gasteiger partial charge in [0.1, 0.15) is 0 Å². The number of thioether (sulfide) groups is 1. The summed E-state index contributed by atoms with van der Waals surface area (Å²) in [6.07, 6.45) is 12.2. The second-order valence-electron chi connectivity index (χ2n) is 5.03. The minimum absolute atomic E-state index is 0.436. The molecule has 0 fully saturated rings. The molecule has 0 saturated heterocycles. The van der Waals surface area contributed by atoms with E-state index in [2.05, 4.69) is 13.8 Å². The van der Waals surface area contributed by atoms with E-state index in [0.717, 1.165) is 5.75 Å². The molecule has 2 N–H and O–H groups in total. The Labute approximate surface area is 124 Å². The zero-order valence-electron chi connectivity index (χ0n) is 12.5. The molecule has 0 spiro atoms. The van der Waals surface area contributed by atoms with E-state index in [1.165, 1.54) is 57.8 Å². The summed E-state index contributed by atoms with van der Waals surface area (Å²) in [6, 6.07) is 0. The molecule has 1 atom stereocenters. The van der Waals surface area contributed by atoms with Crippen LogP contribution in [0.25, 0.3) is 0 Å². The van der Waals surface area contributed by atoms with Gasteiger partial charge in [0.05, 0.1) is 6.61 Å². The van der Waals surface area contributed by atoms with Crippen molar-refractivity contribution in [2.45, 2.75) is 76.9 Å². The second-order valence-corrected chi connectivity index (χ2v) is 7.34. The van der Waals surface area contributed by atoms with Crippen LogP contribution in [0.1, 0.15) is 71.6 Å². The lowest BCUT2D eigenvalue weighted by Crippen LogP contribution is -2.01. The molecule has 0 aromatic heterocycles. The van der Waals surface area contributed by atoms with Crippen LogP contribution in [0, 0.1) is 0 Å². The number of unbranched alkanes of at least 4 members (excludes halogenated alkanes) is 7. The maximum atomic E-state index is 8.58. The van der Waals surface area contributed by atoms with E-state index in [1.54, 1.807) is 0 Å². The van der Waals surface area contributed by atoms with Gasteiger partial charge in [-0.15, -0.1) is 0 Å². The maximum absolute atomic E-state index is 8.58. The molecule has 0 bridgehead atoms. The molecule has 1 unspecified atom stereocenters. The van der Waals surface area contributed by atoms with Gasteiger partial charge in [-0.25, -0.2) is 0 Å². The van der Waals surface area contributed by atoms with Crippen molar-refractivity contribution in [1.29, 1.82) is 0 Å². The Morgan fingerprint density at radius 2 is 1.58 bits per heavy atom. The Kier molecular flexibility index (Phi) is 15.6. The van der Waals surface area contributed by atoms with Crippen molar-refractivity contribution in [3.63, 3.8) is 0 Å². The average molecular weight is 310 g/mol. The molecular weight excluding hydrogens is 279 g/mol. The summed E-state index contributed by atoms with van der Waals surface area (Å²) in [5, 5.41) is 0.646. The molecular formula is C14H31O3PS. The summed E-state index contributed by atoms with van der Waals surface area (Å²) >= 11 is 1.86. The van der Waals surface area contributed by atoms with Crippen molar-refractivity contribution in [3.05, 3.63) is 0 Å². The van der Waals surface area contributed by atoms with E-state index in [4.69, 9.17) is 14.3 Å². The Bertz CT molecular complexity index is 182. The molecule has 0 aromatic carbocycles. The molecule has 0 amide bonds. The van der Waals surface area contributed by atoms with Crippen LogP contribution in [0.2, 0.25) is 0 Å². The van der Waals surface area contributed by atoms with Crippen LogP contribution in [0.15, 0.2) is 0 Å². The first-order valence-corrected chi connectivity index (χ1v) is 9.80. The van der Waals surface area contributed by atoms with Crippen molar-refractivity contribution in [2.75, 3.05) is 12.4 Å². The van der Waals surface area contributed by atoms with Gasteiger partial charge in [0.2, 0.25) is 0 Å². The highest BCUT2D eigenvalue weighted by Crippen LogP contribution is 2.25. The summed E-state index contributed by atoms with van der Waals surface area (Å²) < 4.78 is 4.74. The third-order valence-corrected chi connectivity index (χ3v) is 4.78. The summed E-state index contributed by atoms with van der Waals surface area (Å²) in [7, 11) is -2.17. The predicted octanol–water partition coefficient (Wildman–Crippen LogP) is 4.87. The SMILES string of the molecule is CCCCCCCCCCC(C)SCCOP(O)O. The third-order valence-electron chi connectivity index (χ3n) is 3.16. The molecule has 0 saturated carbocycles. The molecule has 3 nitrogen and oxygen atoms in total. The van der Waals surface area contributed by atoms with Crippen LogP contribution in [-0.4, -0.2) is 27.4 Å². The van der Waals surface area contributed by atoms with Gasteiger partial charge in [-0.05, 0) is 6.42 Å². The maximum Gasteiger partial charge on any atom is 0.327 e. The minimum Gasteiger partial charge on any atom is -0.328 e. The molecule has 116 valence electrons. The van der Waals surface area contributed by atoms with Crippen molar-refractivity contribution in [1.82, 2.24) is 0 Å². The van der Waals surface area contributed by atoms with Gasteiger partial charge >= 0.3 is 8.60 Å². The monoisotopic (exact) mass is 310 g/mol. The summed E-state index contributed by atoms with van der Waals surface area (Å²) in [6.45, 7) is 4.93. The van der Waals surface area contributed by atoms with Gasteiger partial charge < -0.3 is 14.3 Å². The van der Waals surface area contributed by atoms with E-state index < -0.39 is 8.60 Å². The first-order chi connectivity index (χ1) is 9.16. The Morgan fingerprint density at radius 3 is 2.16 bits per heavy atom. The van der Waals surface area contributed by atoms with Crippen LogP contribution < -0.4 is 0 Å². The van der Waals surface area contributed by atoms with E-state index >= 15 is 0 Å². The van der Waals surface area contributed by atoms with E-state index in [1.807, 2.05) is 11.8 Å². The molecule has 19 heavy (non-hydrogen) atoms. The van der Waals surface area contributed by atoms with Gasteiger partial charge in [-0.3, -0.25) is 0 Å². The normalized spacial score (nSPS) is 13.1. The molecule has 0 aliphatic rings. The molecule has 5 heteroatoms. The Hall–Kier alpha value is 0.660. The summed E-state index contributed by atoms with van der Waals surface area (Å²) in [5.41, 5.74) is 0. The van der Waals surface area contributed by atoms with Crippen LogP contribution >= 0.6 is 20.4 Å². The zero-order chi connectivity index (χ0) is 14.3. The summed E-state index contributed by atoms with van der Waals surface area (Å²) in [5.74, 6) is 0.845. The molecule has 0 rings (SSSR count). The van der Waals surface area contributed by atoms with Crippen LogP contribution in [-0.2, 0) is 4.52 Å². The quantitative estimate of drug-likeness (QED) is 0.355. The lowest BCUT2D eigenvalue weighted by molar-refractivity contribution is 0.271. The predicted molar refractivity (Wildman–Crippen MR) is 86.5 cm³/mol. The molecule has 0 aliphatic heterocycles. The fraction of sp³-hybridized carbons (Fsp3) is 1.00. The number of hydrogen-bond donors (Lipinski definition) is 2. The van der Waals surface area contributed by atoms with Gasteiger partial charge in [-0.1, -0.05) is 65.2 Å². The Balaban J connectivity index is 3.13. The van der Waals surface area contributed by atoms with Crippen molar-refractivity contribution in [3.8, 4) is 0 Å². The van der Waals surface area contributed by atoms with E-state index in [9.17, 15) is 0 Å². The highest BCUT2D eigenvalue weighted by atomic mass is 32.2. The first kappa shape index (κ1) is 19.7. The average Bonchev–Trinajstić information content (AvgIpc) is 2.37. The topological polar surface area (TPSA) is 49.7 Å². The van der Waals surface area contributed by atoms with Gasteiger partial charge in [0.25, 0.3) is 0 Å². The van der Waals surface area contributed by atoms with Crippen molar-refractivity contribution < 1.29 is 14.3 Å². The highest BCUT2D eigenvalue weighted by molar-refractivity contribution is 7.99. The largest absolute Gasteiger partial charge is 0.328 e. The lowest BCUT2D eigenvalue weighted by atomic mass is 10.1. The van der Waals surface area contributed by atoms with Crippen molar-refractivity contribution >= 4 is 20.4 Å². The fourth-order valence-electron chi connectivity index (χ4n) is 2.02. The van der Waals surface area contributed by atoms with Crippen molar-refractivity contribution in [2.24, 2.45) is 0 Å². The fourth-order valence-corrected chi connectivity index (χ4v) is 3.31. The standard InChI is InChI=1S/C14H31O3PS/c1-3-4-5-6-7-8-9-10-11-14(2)19-13-12-17-18(15)16/h14-16H,3-13H2,1-2H3. The second kappa shape index (κ2) is 15.1.